The monoisotopic (exact) mass is 488 g/mol. The lowest BCUT2D eigenvalue weighted by Gasteiger charge is -2.13. The summed E-state index contributed by atoms with van der Waals surface area (Å²) in [6.07, 6.45) is 5.77. The van der Waals surface area contributed by atoms with E-state index in [9.17, 15) is 0 Å². The van der Waals surface area contributed by atoms with Crippen LogP contribution in [-0.4, -0.2) is 43.1 Å². The van der Waals surface area contributed by atoms with Crippen molar-refractivity contribution in [2.24, 2.45) is 4.99 Å². The first-order chi connectivity index (χ1) is 12.1. The van der Waals surface area contributed by atoms with Crippen LogP contribution in [0.5, 0.6) is 0 Å². The fraction of sp³-hybridized carbons (Fsp3) is 0.500. The summed E-state index contributed by atoms with van der Waals surface area (Å²) in [7, 11) is 3.98. The summed E-state index contributed by atoms with van der Waals surface area (Å²) >= 11 is 1.79. The van der Waals surface area contributed by atoms with E-state index in [-0.39, 0.29) is 24.0 Å². The quantitative estimate of drug-likeness (QED) is 0.340. The number of hydrogen-bond donors (Lipinski definition) is 2. The van der Waals surface area contributed by atoms with Crippen LogP contribution in [0.3, 0.4) is 0 Å². The Balaban J connectivity index is 0.00000338. The number of nitrogens with one attached hydrogen (secondary N) is 2. The molecule has 0 bridgehead atoms. The SMILES string of the molecule is CCNC(=NCc1ccnc(N(C)C)c1)NCCc1ncc(CC)s1.I. The van der Waals surface area contributed by atoms with Crippen LogP contribution in [0.4, 0.5) is 5.82 Å². The van der Waals surface area contributed by atoms with Crippen molar-refractivity contribution in [1.29, 1.82) is 0 Å². The zero-order valence-electron chi connectivity index (χ0n) is 16.0. The number of aromatic nitrogens is 2. The molecule has 0 atom stereocenters. The van der Waals surface area contributed by atoms with Crippen molar-refractivity contribution in [3.8, 4) is 0 Å². The molecule has 0 amide bonds. The average molecular weight is 488 g/mol. The molecule has 6 nitrogen and oxygen atoms in total. The van der Waals surface area contributed by atoms with Gasteiger partial charge in [0.15, 0.2) is 5.96 Å². The lowest BCUT2D eigenvalue weighted by Crippen LogP contribution is -2.38. The molecule has 0 aromatic carbocycles. The van der Waals surface area contributed by atoms with Crippen LogP contribution in [-0.2, 0) is 19.4 Å². The summed E-state index contributed by atoms with van der Waals surface area (Å²) in [5.41, 5.74) is 1.14. The maximum atomic E-state index is 4.67. The molecule has 0 unspecified atom stereocenters. The van der Waals surface area contributed by atoms with Crippen molar-refractivity contribution < 1.29 is 0 Å². The van der Waals surface area contributed by atoms with E-state index in [0.717, 1.165) is 43.3 Å². The van der Waals surface area contributed by atoms with Crippen molar-refractivity contribution in [2.45, 2.75) is 33.2 Å². The fourth-order valence-corrected chi connectivity index (χ4v) is 3.09. The number of halogens is 1. The first-order valence-corrected chi connectivity index (χ1v) is 9.52. The lowest BCUT2D eigenvalue weighted by atomic mass is 10.2. The molecular formula is C18H29IN6S. The van der Waals surface area contributed by atoms with E-state index in [1.165, 1.54) is 9.88 Å². The molecule has 2 aromatic rings. The summed E-state index contributed by atoms with van der Waals surface area (Å²) in [5, 5.41) is 7.84. The second kappa shape index (κ2) is 12.1. The molecule has 8 heteroatoms. The number of rotatable bonds is 8. The molecule has 2 heterocycles. The molecule has 2 N–H and O–H groups in total. The standard InChI is InChI=1S/C18H28N6S.HI/c1-5-15-13-22-17(25-15)8-10-21-18(19-6-2)23-12-14-7-9-20-16(11-14)24(3)4;/h7,9,11,13H,5-6,8,10,12H2,1-4H3,(H2,19,21,23);1H. The van der Waals surface area contributed by atoms with Crippen LogP contribution in [0.15, 0.2) is 29.5 Å². The molecular weight excluding hydrogens is 459 g/mol. The topological polar surface area (TPSA) is 65.4 Å². The highest BCUT2D eigenvalue weighted by Gasteiger charge is 2.03. The Bertz CT molecular complexity index is 686. The van der Waals surface area contributed by atoms with Crippen LogP contribution in [0.1, 0.15) is 29.3 Å². The third-order valence-corrected chi connectivity index (χ3v) is 4.81. The smallest absolute Gasteiger partial charge is 0.191 e. The van der Waals surface area contributed by atoms with Gasteiger partial charge < -0.3 is 15.5 Å². The number of nitrogens with zero attached hydrogens (tertiary/aromatic N) is 4. The average Bonchev–Trinajstić information content (AvgIpc) is 3.08. The van der Waals surface area contributed by atoms with Gasteiger partial charge in [-0.2, -0.15) is 0 Å². The van der Waals surface area contributed by atoms with Crippen molar-refractivity contribution >= 4 is 47.1 Å². The molecule has 0 saturated heterocycles. The summed E-state index contributed by atoms with van der Waals surface area (Å²) in [4.78, 5) is 16.8. The van der Waals surface area contributed by atoms with Gasteiger partial charge in [0.2, 0.25) is 0 Å². The second-order valence-electron chi connectivity index (χ2n) is 5.86. The van der Waals surface area contributed by atoms with Gasteiger partial charge in [0.05, 0.1) is 11.6 Å². The second-order valence-corrected chi connectivity index (χ2v) is 7.06. The van der Waals surface area contributed by atoms with Crippen molar-refractivity contribution in [3.05, 3.63) is 40.0 Å². The molecule has 0 aliphatic carbocycles. The number of hydrogen-bond acceptors (Lipinski definition) is 5. The van der Waals surface area contributed by atoms with Crippen LogP contribution in [0.2, 0.25) is 0 Å². The fourth-order valence-electron chi connectivity index (χ4n) is 2.23. The molecule has 2 rings (SSSR count). The molecule has 0 fully saturated rings. The third kappa shape index (κ3) is 7.45. The Morgan fingerprint density at radius 2 is 2.04 bits per heavy atom. The summed E-state index contributed by atoms with van der Waals surface area (Å²) in [5.74, 6) is 1.78. The third-order valence-electron chi connectivity index (χ3n) is 3.61. The van der Waals surface area contributed by atoms with Crippen LogP contribution in [0.25, 0.3) is 0 Å². The molecule has 2 aromatic heterocycles. The molecule has 26 heavy (non-hydrogen) atoms. The van der Waals surface area contributed by atoms with Gasteiger partial charge in [-0.3, -0.25) is 0 Å². The maximum Gasteiger partial charge on any atom is 0.191 e. The Kier molecular flexibility index (Phi) is 10.5. The number of thiazole rings is 1. The summed E-state index contributed by atoms with van der Waals surface area (Å²) < 4.78 is 0. The zero-order chi connectivity index (χ0) is 18.1. The van der Waals surface area contributed by atoms with E-state index in [1.807, 2.05) is 37.5 Å². The van der Waals surface area contributed by atoms with Crippen molar-refractivity contribution in [2.75, 3.05) is 32.1 Å². The van der Waals surface area contributed by atoms with Crippen LogP contribution >= 0.6 is 35.3 Å². The number of pyridine rings is 1. The molecule has 0 aliphatic heterocycles. The Hall–Kier alpha value is -1.42. The van der Waals surface area contributed by atoms with Gasteiger partial charge in [-0.1, -0.05) is 6.92 Å². The van der Waals surface area contributed by atoms with E-state index >= 15 is 0 Å². The van der Waals surface area contributed by atoms with E-state index in [0.29, 0.717) is 6.54 Å². The Morgan fingerprint density at radius 1 is 1.23 bits per heavy atom. The highest BCUT2D eigenvalue weighted by Crippen LogP contribution is 2.13. The minimum absolute atomic E-state index is 0. The molecule has 0 aliphatic rings. The summed E-state index contributed by atoms with van der Waals surface area (Å²) in [6.45, 7) is 6.51. The minimum Gasteiger partial charge on any atom is -0.363 e. The van der Waals surface area contributed by atoms with Gasteiger partial charge in [-0.05, 0) is 31.0 Å². The largest absolute Gasteiger partial charge is 0.363 e. The Morgan fingerprint density at radius 3 is 2.69 bits per heavy atom. The molecule has 144 valence electrons. The van der Waals surface area contributed by atoms with Gasteiger partial charge in [-0.25, -0.2) is 15.0 Å². The number of aliphatic imine (C=N–C) groups is 1. The summed E-state index contributed by atoms with van der Waals surface area (Å²) in [6, 6.07) is 4.07. The van der Waals surface area contributed by atoms with Gasteiger partial charge >= 0.3 is 0 Å². The van der Waals surface area contributed by atoms with E-state index in [2.05, 4.69) is 45.5 Å². The van der Waals surface area contributed by atoms with Crippen molar-refractivity contribution in [3.63, 3.8) is 0 Å². The molecule has 0 spiro atoms. The molecule has 0 radical (unpaired) electrons. The van der Waals surface area contributed by atoms with Gasteiger partial charge in [0, 0.05) is 50.9 Å². The van der Waals surface area contributed by atoms with Gasteiger partial charge in [0.25, 0.3) is 0 Å². The number of anilines is 1. The van der Waals surface area contributed by atoms with E-state index < -0.39 is 0 Å². The predicted molar refractivity (Wildman–Crippen MR) is 122 cm³/mol. The van der Waals surface area contributed by atoms with E-state index in [1.54, 1.807) is 11.3 Å². The predicted octanol–water partition coefficient (Wildman–Crippen LogP) is 3.08. The number of guanidine groups is 1. The highest BCUT2D eigenvalue weighted by molar-refractivity contribution is 14.0. The first-order valence-electron chi connectivity index (χ1n) is 8.70. The first kappa shape index (κ1) is 22.6. The Labute approximate surface area is 177 Å². The maximum absolute atomic E-state index is 4.67. The molecule has 0 saturated carbocycles. The van der Waals surface area contributed by atoms with E-state index in [4.69, 9.17) is 0 Å². The van der Waals surface area contributed by atoms with Gasteiger partial charge in [-0.15, -0.1) is 35.3 Å². The minimum atomic E-state index is 0. The van der Waals surface area contributed by atoms with Crippen LogP contribution in [0, 0.1) is 0 Å². The number of aryl methyl sites for hydroxylation is 1. The van der Waals surface area contributed by atoms with Crippen LogP contribution < -0.4 is 15.5 Å². The normalized spacial score (nSPS) is 11.0. The lowest BCUT2D eigenvalue weighted by molar-refractivity contribution is 0.796. The highest BCUT2D eigenvalue weighted by atomic mass is 127. The van der Waals surface area contributed by atoms with Gasteiger partial charge in [0.1, 0.15) is 5.82 Å². The zero-order valence-corrected chi connectivity index (χ0v) is 19.1. The van der Waals surface area contributed by atoms with Crippen molar-refractivity contribution in [1.82, 2.24) is 20.6 Å².